The zero-order chi connectivity index (χ0) is 11.4. The second-order valence-corrected chi connectivity index (χ2v) is 4.25. The predicted octanol–water partition coefficient (Wildman–Crippen LogP) is 1.64. The summed E-state index contributed by atoms with van der Waals surface area (Å²) < 4.78 is 5.59. The molecule has 0 atom stereocenters. The molecule has 0 aromatic carbocycles. The van der Waals surface area contributed by atoms with E-state index in [1.54, 1.807) is 0 Å². The lowest BCUT2D eigenvalue weighted by molar-refractivity contribution is 0.217. The number of aryl methyl sites for hydroxylation is 1. The summed E-state index contributed by atoms with van der Waals surface area (Å²) in [6, 6.07) is 1.82. The highest BCUT2D eigenvalue weighted by Gasteiger charge is 2.17. The Morgan fingerprint density at radius 2 is 2.31 bits per heavy atom. The van der Waals surface area contributed by atoms with Crippen molar-refractivity contribution in [1.29, 1.82) is 0 Å². The highest BCUT2D eigenvalue weighted by molar-refractivity contribution is 5.28. The van der Waals surface area contributed by atoms with Gasteiger partial charge in [0.05, 0.1) is 6.61 Å². The van der Waals surface area contributed by atoms with Crippen molar-refractivity contribution in [3.05, 3.63) is 11.8 Å². The van der Waals surface area contributed by atoms with Crippen molar-refractivity contribution in [2.24, 2.45) is 11.8 Å². The van der Waals surface area contributed by atoms with E-state index in [-0.39, 0.29) is 0 Å². The van der Waals surface area contributed by atoms with Crippen LogP contribution in [-0.4, -0.2) is 16.6 Å². The second-order valence-electron chi connectivity index (χ2n) is 4.25. The molecule has 88 valence electrons. The summed E-state index contributed by atoms with van der Waals surface area (Å²) in [7, 11) is 0. The summed E-state index contributed by atoms with van der Waals surface area (Å²) in [5, 5.41) is 0. The van der Waals surface area contributed by atoms with Crippen LogP contribution in [0.15, 0.2) is 6.07 Å². The summed E-state index contributed by atoms with van der Waals surface area (Å²) in [5.74, 6) is 7.12. The number of aromatic nitrogens is 2. The lowest BCUT2D eigenvalue weighted by Gasteiger charge is -2.24. The van der Waals surface area contributed by atoms with Gasteiger partial charge >= 0.3 is 0 Å². The van der Waals surface area contributed by atoms with Gasteiger partial charge < -0.3 is 4.74 Å². The summed E-state index contributed by atoms with van der Waals surface area (Å²) in [4.78, 5) is 8.22. The van der Waals surface area contributed by atoms with E-state index < -0.39 is 0 Å². The first-order valence-electron chi connectivity index (χ1n) is 5.73. The molecule has 5 nitrogen and oxygen atoms in total. The minimum Gasteiger partial charge on any atom is -0.478 e. The van der Waals surface area contributed by atoms with Gasteiger partial charge in [-0.05, 0) is 19.3 Å². The van der Waals surface area contributed by atoms with E-state index in [9.17, 15) is 0 Å². The predicted molar refractivity (Wildman–Crippen MR) is 62.0 cm³/mol. The maximum absolute atomic E-state index is 5.59. The minimum absolute atomic E-state index is 0.402. The van der Waals surface area contributed by atoms with E-state index in [1.165, 1.54) is 19.3 Å². The second kappa shape index (κ2) is 5.12. The lowest BCUT2D eigenvalue weighted by atomic mass is 9.83. The Balaban J connectivity index is 1.84. The van der Waals surface area contributed by atoms with Crippen LogP contribution in [-0.2, 0) is 0 Å². The Morgan fingerprint density at radius 1 is 1.50 bits per heavy atom. The van der Waals surface area contributed by atoms with E-state index >= 15 is 0 Å². The van der Waals surface area contributed by atoms with Crippen molar-refractivity contribution < 1.29 is 4.74 Å². The third kappa shape index (κ3) is 2.82. The van der Waals surface area contributed by atoms with Crippen LogP contribution >= 0.6 is 0 Å². The van der Waals surface area contributed by atoms with Crippen LogP contribution in [0.2, 0.25) is 0 Å². The number of anilines is 1. The molecular formula is C11H18N4O. The molecule has 5 heteroatoms. The maximum Gasteiger partial charge on any atom is 0.240 e. The Kier molecular flexibility index (Phi) is 3.56. The monoisotopic (exact) mass is 222 g/mol. The average molecular weight is 222 g/mol. The van der Waals surface area contributed by atoms with Gasteiger partial charge in [0, 0.05) is 11.8 Å². The van der Waals surface area contributed by atoms with Crippen molar-refractivity contribution in [2.75, 3.05) is 12.0 Å². The van der Waals surface area contributed by atoms with Crippen molar-refractivity contribution in [3.8, 4) is 5.88 Å². The zero-order valence-corrected chi connectivity index (χ0v) is 9.57. The fraction of sp³-hybridized carbons (Fsp3) is 0.636. The molecule has 1 heterocycles. The number of nitrogens with zero attached hydrogens (tertiary/aromatic N) is 2. The topological polar surface area (TPSA) is 73.1 Å². The number of ether oxygens (including phenoxy) is 1. The molecule has 0 amide bonds. The third-order valence-corrected chi connectivity index (χ3v) is 2.96. The zero-order valence-electron chi connectivity index (χ0n) is 9.57. The Labute approximate surface area is 95.4 Å². The van der Waals surface area contributed by atoms with Crippen molar-refractivity contribution >= 4 is 5.95 Å². The van der Waals surface area contributed by atoms with Crippen LogP contribution < -0.4 is 16.0 Å². The molecule has 0 saturated heterocycles. The molecule has 0 aliphatic heterocycles. The van der Waals surface area contributed by atoms with Gasteiger partial charge in [0.2, 0.25) is 11.8 Å². The lowest BCUT2D eigenvalue weighted by Crippen LogP contribution is -2.15. The van der Waals surface area contributed by atoms with E-state index in [0.29, 0.717) is 11.8 Å². The molecule has 1 aliphatic carbocycles. The first-order chi connectivity index (χ1) is 7.78. The minimum atomic E-state index is 0.402. The molecule has 0 spiro atoms. The molecule has 16 heavy (non-hydrogen) atoms. The van der Waals surface area contributed by atoms with E-state index in [1.807, 2.05) is 13.0 Å². The highest BCUT2D eigenvalue weighted by Crippen LogP contribution is 2.29. The SMILES string of the molecule is Cc1cc(OCCC2CCC2)nc(NN)n1. The number of hydrazine groups is 1. The number of hydrogen-bond acceptors (Lipinski definition) is 5. The summed E-state index contributed by atoms with van der Waals surface area (Å²) in [5.41, 5.74) is 3.28. The fourth-order valence-corrected chi connectivity index (χ4v) is 1.79. The summed E-state index contributed by atoms with van der Waals surface area (Å²) >= 11 is 0. The molecule has 1 fully saturated rings. The number of rotatable bonds is 5. The maximum atomic E-state index is 5.59. The van der Waals surface area contributed by atoms with Crippen LogP contribution in [0.25, 0.3) is 0 Å². The molecular weight excluding hydrogens is 204 g/mol. The van der Waals surface area contributed by atoms with Gasteiger partial charge in [-0.1, -0.05) is 19.3 Å². The van der Waals surface area contributed by atoms with Gasteiger partial charge in [-0.25, -0.2) is 10.8 Å². The van der Waals surface area contributed by atoms with E-state index in [0.717, 1.165) is 24.6 Å². The first kappa shape index (κ1) is 11.1. The molecule has 2 rings (SSSR count). The van der Waals surface area contributed by atoms with Crippen molar-refractivity contribution in [1.82, 2.24) is 9.97 Å². The molecule has 1 aromatic rings. The van der Waals surface area contributed by atoms with Crippen LogP contribution in [0, 0.1) is 12.8 Å². The number of hydrogen-bond donors (Lipinski definition) is 2. The van der Waals surface area contributed by atoms with Gasteiger partial charge in [-0.3, -0.25) is 5.43 Å². The van der Waals surface area contributed by atoms with Crippen LogP contribution in [0.5, 0.6) is 5.88 Å². The van der Waals surface area contributed by atoms with Crippen LogP contribution in [0.3, 0.4) is 0 Å². The molecule has 1 aliphatic rings. The van der Waals surface area contributed by atoms with E-state index in [2.05, 4.69) is 15.4 Å². The first-order valence-corrected chi connectivity index (χ1v) is 5.73. The third-order valence-electron chi connectivity index (χ3n) is 2.96. The molecule has 0 unspecified atom stereocenters. The van der Waals surface area contributed by atoms with Crippen molar-refractivity contribution in [2.45, 2.75) is 32.6 Å². The van der Waals surface area contributed by atoms with Gasteiger partial charge in [0.15, 0.2) is 0 Å². The molecule has 1 saturated carbocycles. The Bertz CT molecular complexity index is 352. The summed E-state index contributed by atoms with van der Waals surface area (Å²) in [6.07, 6.45) is 5.19. The molecule has 3 N–H and O–H groups in total. The number of nitrogen functional groups attached to an aromatic ring is 1. The van der Waals surface area contributed by atoms with Gasteiger partial charge in [0.25, 0.3) is 0 Å². The Morgan fingerprint density at radius 3 is 2.94 bits per heavy atom. The quantitative estimate of drug-likeness (QED) is 0.585. The molecule has 0 radical (unpaired) electrons. The average Bonchev–Trinajstić information content (AvgIpc) is 2.21. The van der Waals surface area contributed by atoms with Gasteiger partial charge in [-0.2, -0.15) is 4.98 Å². The molecule has 0 bridgehead atoms. The number of nitrogens with two attached hydrogens (primary N) is 1. The fourth-order valence-electron chi connectivity index (χ4n) is 1.79. The van der Waals surface area contributed by atoms with Crippen molar-refractivity contribution in [3.63, 3.8) is 0 Å². The van der Waals surface area contributed by atoms with Gasteiger partial charge in [0.1, 0.15) is 0 Å². The highest BCUT2D eigenvalue weighted by atomic mass is 16.5. The standard InChI is InChI=1S/C11H18N4O/c1-8-7-10(14-11(13-8)15-12)16-6-5-9-3-2-4-9/h7,9H,2-6,12H2,1H3,(H,13,14,15). The van der Waals surface area contributed by atoms with Crippen LogP contribution in [0.4, 0.5) is 5.95 Å². The van der Waals surface area contributed by atoms with E-state index in [4.69, 9.17) is 10.6 Å². The largest absolute Gasteiger partial charge is 0.478 e. The van der Waals surface area contributed by atoms with Gasteiger partial charge in [-0.15, -0.1) is 0 Å². The van der Waals surface area contributed by atoms with Crippen LogP contribution in [0.1, 0.15) is 31.4 Å². The number of nitrogens with one attached hydrogen (secondary N) is 1. The summed E-state index contributed by atoms with van der Waals surface area (Å²) in [6.45, 7) is 2.62. The normalized spacial score (nSPS) is 15.6. The smallest absolute Gasteiger partial charge is 0.240 e. The molecule has 1 aromatic heterocycles. The Hall–Kier alpha value is -1.36.